The van der Waals surface area contributed by atoms with Crippen LogP contribution in [0.3, 0.4) is 0 Å². The fourth-order valence-electron chi connectivity index (χ4n) is 4.05. The smallest absolute Gasteiger partial charge is 0.251 e. The third-order valence-electron chi connectivity index (χ3n) is 5.74. The van der Waals surface area contributed by atoms with Crippen molar-refractivity contribution in [2.45, 2.75) is 50.8 Å². The van der Waals surface area contributed by atoms with Gasteiger partial charge in [-0.05, 0) is 31.0 Å². The van der Waals surface area contributed by atoms with E-state index in [-0.39, 0.29) is 22.7 Å². The van der Waals surface area contributed by atoms with E-state index in [0.717, 1.165) is 25.7 Å². The zero-order chi connectivity index (χ0) is 21.3. The molecule has 0 spiro atoms. The molecule has 0 radical (unpaired) electrons. The van der Waals surface area contributed by atoms with Crippen LogP contribution in [0.1, 0.15) is 46.0 Å². The topological polar surface area (TPSA) is 121 Å². The fraction of sp³-hybridized carbons (Fsp3) is 0.500. The Balaban J connectivity index is 1.66. The number of nitrogens with one attached hydrogen (secondary N) is 2. The summed E-state index contributed by atoms with van der Waals surface area (Å²) in [6.07, 6.45) is 5.08. The molecule has 9 nitrogen and oxygen atoms in total. The molecule has 1 fully saturated rings. The Hall–Kier alpha value is -2.59. The van der Waals surface area contributed by atoms with Gasteiger partial charge in [-0.1, -0.05) is 33.1 Å². The maximum Gasteiger partial charge on any atom is 0.251 e. The van der Waals surface area contributed by atoms with Gasteiger partial charge in [0.25, 0.3) is 5.95 Å². The third-order valence-corrected chi connectivity index (χ3v) is 7.79. The van der Waals surface area contributed by atoms with E-state index >= 15 is 0 Å². The second-order valence-electron chi connectivity index (χ2n) is 7.58. The minimum Gasteiger partial charge on any atom is -0.338 e. The minimum absolute atomic E-state index is 0.00592. The highest BCUT2D eigenvalue weighted by molar-refractivity contribution is 7.89. The van der Waals surface area contributed by atoms with Crippen LogP contribution in [0.15, 0.2) is 23.1 Å². The summed E-state index contributed by atoms with van der Waals surface area (Å²) in [6, 6.07) is 4.87. The van der Waals surface area contributed by atoms with Crippen molar-refractivity contribution in [3.05, 3.63) is 18.2 Å². The molecule has 2 N–H and O–H groups in total. The van der Waals surface area contributed by atoms with E-state index < -0.39 is 10.0 Å². The summed E-state index contributed by atoms with van der Waals surface area (Å²) < 4.78 is 27.1. The molecule has 1 amide bonds. The lowest BCUT2D eigenvalue weighted by atomic mass is 9.89. The van der Waals surface area contributed by atoms with Gasteiger partial charge in [-0.15, -0.1) is 10.2 Å². The van der Waals surface area contributed by atoms with E-state index in [1.54, 1.807) is 18.2 Å². The molecule has 0 bridgehead atoms. The standard InChI is InChI=1S/C20H26N6O3S/c1-3-26(4-2)30(28,29)14-10-11-16-15(12-14)17-18(21-16)22-20(25-24-17)23-19(27)13-8-6-5-7-9-13/h10-13H,3-9H2,1-2H3,(H2,21,22,23,25,27). The van der Waals surface area contributed by atoms with Crippen molar-refractivity contribution in [3.63, 3.8) is 0 Å². The van der Waals surface area contributed by atoms with Gasteiger partial charge in [0.15, 0.2) is 5.65 Å². The van der Waals surface area contributed by atoms with E-state index in [1.165, 1.54) is 10.7 Å². The van der Waals surface area contributed by atoms with Crippen LogP contribution in [0.5, 0.6) is 0 Å². The highest BCUT2D eigenvalue weighted by Crippen LogP contribution is 2.28. The number of carbonyl (C=O) groups is 1. The SMILES string of the molecule is CCN(CC)S(=O)(=O)c1ccc2[nH]c3nc(NC(=O)C4CCCCC4)nnc3c2c1. The Labute approximate surface area is 175 Å². The van der Waals surface area contributed by atoms with Crippen LogP contribution in [0.4, 0.5) is 5.95 Å². The van der Waals surface area contributed by atoms with E-state index in [9.17, 15) is 13.2 Å². The molecule has 0 saturated heterocycles. The van der Waals surface area contributed by atoms with Crippen LogP contribution in [-0.2, 0) is 14.8 Å². The van der Waals surface area contributed by atoms with Crippen LogP contribution < -0.4 is 5.32 Å². The van der Waals surface area contributed by atoms with Gasteiger partial charge in [0.2, 0.25) is 15.9 Å². The monoisotopic (exact) mass is 430 g/mol. The number of anilines is 1. The van der Waals surface area contributed by atoms with Crippen molar-refractivity contribution < 1.29 is 13.2 Å². The lowest BCUT2D eigenvalue weighted by Gasteiger charge is -2.19. The van der Waals surface area contributed by atoms with Crippen molar-refractivity contribution in [3.8, 4) is 0 Å². The number of H-pyrrole nitrogens is 1. The van der Waals surface area contributed by atoms with E-state index in [4.69, 9.17) is 0 Å². The molecule has 1 aromatic carbocycles. The van der Waals surface area contributed by atoms with Gasteiger partial charge in [-0.3, -0.25) is 10.1 Å². The first-order chi connectivity index (χ1) is 14.4. The molecule has 160 valence electrons. The van der Waals surface area contributed by atoms with Crippen LogP contribution in [0.25, 0.3) is 22.1 Å². The van der Waals surface area contributed by atoms with Gasteiger partial charge in [0, 0.05) is 29.9 Å². The first kappa shape index (κ1) is 20.7. The first-order valence-electron chi connectivity index (χ1n) is 10.4. The quantitative estimate of drug-likeness (QED) is 0.620. The van der Waals surface area contributed by atoms with Crippen molar-refractivity contribution in [1.82, 2.24) is 24.5 Å². The predicted molar refractivity (Wildman–Crippen MR) is 115 cm³/mol. The number of hydrogen-bond donors (Lipinski definition) is 2. The molecule has 30 heavy (non-hydrogen) atoms. The van der Waals surface area contributed by atoms with Gasteiger partial charge in [0.05, 0.1) is 4.90 Å². The fourth-order valence-corrected chi connectivity index (χ4v) is 5.54. The molecule has 1 saturated carbocycles. The summed E-state index contributed by atoms with van der Waals surface area (Å²) in [5.74, 6) is 0.0776. The number of aromatic nitrogens is 4. The normalized spacial score (nSPS) is 15.8. The zero-order valence-electron chi connectivity index (χ0n) is 17.2. The number of aromatic amines is 1. The molecule has 10 heteroatoms. The van der Waals surface area contributed by atoms with Gasteiger partial charge in [-0.2, -0.15) is 9.29 Å². The first-order valence-corrected chi connectivity index (χ1v) is 11.8. The van der Waals surface area contributed by atoms with Crippen molar-refractivity contribution >= 4 is 43.9 Å². The number of fused-ring (bicyclic) bond motifs is 3. The van der Waals surface area contributed by atoms with Crippen molar-refractivity contribution in [2.75, 3.05) is 18.4 Å². The van der Waals surface area contributed by atoms with Gasteiger partial charge < -0.3 is 4.98 Å². The molecular formula is C20H26N6O3S. The Morgan fingerprint density at radius 1 is 1.17 bits per heavy atom. The lowest BCUT2D eigenvalue weighted by molar-refractivity contribution is -0.120. The number of carbonyl (C=O) groups excluding carboxylic acids is 1. The van der Waals surface area contributed by atoms with Crippen molar-refractivity contribution in [2.24, 2.45) is 5.92 Å². The molecule has 2 heterocycles. The highest BCUT2D eigenvalue weighted by atomic mass is 32.2. The molecule has 2 aromatic heterocycles. The van der Waals surface area contributed by atoms with Crippen LogP contribution in [0, 0.1) is 5.92 Å². The molecule has 4 rings (SSSR count). The number of benzene rings is 1. The van der Waals surface area contributed by atoms with Gasteiger partial charge in [0.1, 0.15) is 5.52 Å². The number of rotatable bonds is 6. The second kappa shape index (κ2) is 8.27. The van der Waals surface area contributed by atoms with Crippen LogP contribution in [-0.4, -0.2) is 51.9 Å². The van der Waals surface area contributed by atoms with E-state index in [2.05, 4.69) is 25.5 Å². The Morgan fingerprint density at radius 3 is 2.60 bits per heavy atom. The van der Waals surface area contributed by atoms with E-state index in [0.29, 0.717) is 35.2 Å². The summed E-state index contributed by atoms with van der Waals surface area (Å²) in [5, 5.41) is 11.7. The molecule has 0 atom stereocenters. The van der Waals surface area contributed by atoms with Gasteiger partial charge >= 0.3 is 0 Å². The number of amides is 1. The third kappa shape index (κ3) is 3.77. The molecular weight excluding hydrogens is 404 g/mol. The largest absolute Gasteiger partial charge is 0.338 e. The minimum atomic E-state index is -3.58. The average Bonchev–Trinajstić information content (AvgIpc) is 3.12. The maximum atomic E-state index is 12.8. The van der Waals surface area contributed by atoms with Crippen molar-refractivity contribution in [1.29, 1.82) is 0 Å². The molecule has 3 aromatic rings. The summed E-state index contributed by atoms with van der Waals surface area (Å²) >= 11 is 0. The molecule has 1 aliphatic rings. The summed E-state index contributed by atoms with van der Waals surface area (Å²) in [7, 11) is -3.58. The predicted octanol–water partition coefficient (Wildman–Crippen LogP) is 3.06. The second-order valence-corrected chi connectivity index (χ2v) is 9.52. The van der Waals surface area contributed by atoms with E-state index in [1.807, 2.05) is 13.8 Å². The zero-order valence-corrected chi connectivity index (χ0v) is 18.0. The lowest BCUT2D eigenvalue weighted by Crippen LogP contribution is -2.30. The molecule has 1 aliphatic carbocycles. The summed E-state index contributed by atoms with van der Waals surface area (Å²) in [6.45, 7) is 4.42. The van der Waals surface area contributed by atoms with Crippen LogP contribution >= 0.6 is 0 Å². The molecule has 0 aliphatic heterocycles. The maximum absolute atomic E-state index is 12.8. The van der Waals surface area contributed by atoms with Crippen LogP contribution in [0.2, 0.25) is 0 Å². The Kier molecular flexibility index (Phi) is 5.70. The highest BCUT2D eigenvalue weighted by Gasteiger charge is 2.24. The molecule has 0 unspecified atom stereocenters. The Morgan fingerprint density at radius 2 is 1.90 bits per heavy atom. The summed E-state index contributed by atoms with van der Waals surface area (Å²) in [4.78, 5) is 20.2. The Bertz CT molecular complexity index is 1180. The average molecular weight is 431 g/mol. The number of hydrogen-bond acceptors (Lipinski definition) is 6. The summed E-state index contributed by atoms with van der Waals surface area (Å²) in [5.41, 5.74) is 1.63. The van der Waals surface area contributed by atoms with Gasteiger partial charge in [-0.25, -0.2) is 8.42 Å². The number of nitrogens with zero attached hydrogens (tertiary/aromatic N) is 4. The number of sulfonamides is 1.